The molecular formula is C19H17F3N2O3. The number of alkyl halides is 3. The molecule has 5 nitrogen and oxygen atoms in total. The molecule has 3 rings (SSSR count). The lowest BCUT2D eigenvalue weighted by Gasteiger charge is -2.21. The minimum absolute atomic E-state index is 0.248. The maximum Gasteiger partial charge on any atom is 0.418 e. The van der Waals surface area contributed by atoms with Crippen LogP contribution in [0.1, 0.15) is 17.5 Å². The van der Waals surface area contributed by atoms with Gasteiger partial charge in [-0.1, -0.05) is 18.2 Å². The third kappa shape index (κ3) is 3.60. The first kappa shape index (κ1) is 18.8. The van der Waals surface area contributed by atoms with Gasteiger partial charge in [-0.3, -0.25) is 9.59 Å². The number of para-hydroxylation sites is 1. The van der Waals surface area contributed by atoms with E-state index in [1.54, 1.807) is 12.1 Å². The van der Waals surface area contributed by atoms with Crippen molar-refractivity contribution in [2.24, 2.45) is 0 Å². The number of methoxy groups -OCH3 is 1. The number of ether oxygens (including phenoxy) is 1. The van der Waals surface area contributed by atoms with E-state index in [-0.39, 0.29) is 6.42 Å². The average Bonchev–Trinajstić information content (AvgIpc) is 2.88. The van der Waals surface area contributed by atoms with Crippen LogP contribution in [0.5, 0.6) is 5.75 Å². The summed E-state index contributed by atoms with van der Waals surface area (Å²) in [5, 5.41) is 2.92. The Balaban J connectivity index is 1.92. The second kappa shape index (κ2) is 6.94. The molecule has 1 aliphatic heterocycles. The van der Waals surface area contributed by atoms with Crippen molar-refractivity contribution in [2.75, 3.05) is 17.3 Å². The van der Waals surface area contributed by atoms with Crippen LogP contribution in [0, 0.1) is 6.92 Å². The second-order valence-electron chi connectivity index (χ2n) is 6.19. The summed E-state index contributed by atoms with van der Waals surface area (Å²) in [5.41, 5.74) is -0.0926. The van der Waals surface area contributed by atoms with Gasteiger partial charge in [0.1, 0.15) is 11.8 Å². The van der Waals surface area contributed by atoms with E-state index in [9.17, 15) is 22.8 Å². The van der Waals surface area contributed by atoms with E-state index in [0.29, 0.717) is 16.3 Å². The predicted molar refractivity (Wildman–Crippen MR) is 93.7 cm³/mol. The summed E-state index contributed by atoms with van der Waals surface area (Å²) in [4.78, 5) is 25.7. The van der Waals surface area contributed by atoms with Crippen LogP contribution in [0.2, 0.25) is 0 Å². The number of halogens is 3. The average molecular weight is 378 g/mol. The molecule has 2 aromatic carbocycles. The molecule has 0 radical (unpaired) electrons. The first-order valence-corrected chi connectivity index (χ1v) is 8.16. The zero-order valence-electron chi connectivity index (χ0n) is 14.6. The zero-order chi connectivity index (χ0) is 19.8. The van der Waals surface area contributed by atoms with Gasteiger partial charge in [-0.25, -0.2) is 4.90 Å². The molecule has 142 valence electrons. The highest BCUT2D eigenvalue weighted by atomic mass is 19.4. The number of hydrogen-bond donors (Lipinski definition) is 1. The van der Waals surface area contributed by atoms with Crippen LogP contribution in [-0.4, -0.2) is 25.0 Å². The number of amides is 2. The first-order valence-electron chi connectivity index (χ1n) is 8.16. The number of nitrogens with one attached hydrogen (secondary N) is 1. The van der Waals surface area contributed by atoms with E-state index in [1.165, 1.54) is 19.2 Å². The lowest BCUT2D eigenvalue weighted by molar-refractivity contribution is -0.137. The maximum absolute atomic E-state index is 13.3. The summed E-state index contributed by atoms with van der Waals surface area (Å²) < 4.78 is 45.0. The normalized spacial score (nSPS) is 17.4. The molecule has 1 aliphatic rings. The number of aryl methyl sites for hydroxylation is 1. The van der Waals surface area contributed by atoms with Gasteiger partial charge in [0.25, 0.3) is 5.91 Å². The van der Waals surface area contributed by atoms with Crippen molar-refractivity contribution in [2.45, 2.75) is 25.6 Å². The first-order chi connectivity index (χ1) is 12.7. The molecule has 27 heavy (non-hydrogen) atoms. The minimum atomic E-state index is -4.68. The number of anilines is 2. The van der Waals surface area contributed by atoms with Crippen molar-refractivity contribution in [3.8, 4) is 5.75 Å². The zero-order valence-corrected chi connectivity index (χ0v) is 14.6. The molecule has 0 aliphatic carbocycles. The molecule has 1 heterocycles. The van der Waals surface area contributed by atoms with E-state index in [2.05, 4.69) is 5.32 Å². The fraction of sp³-hybridized carbons (Fsp3) is 0.263. The van der Waals surface area contributed by atoms with Crippen LogP contribution in [0.3, 0.4) is 0 Å². The lowest BCUT2D eigenvalue weighted by atomic mass is 10.1. The topological polar surface area (TPSA) is 58.6 Å². The Kier molecular flexibility index (Phi) is 4.82. The molecule has 0 bridgehead atoms. The lowest BCUT2D eigenvalue weighted by Crippen LogP contribution is -2.36. The molecule has 2 aromatic rings. The summed E-state index contributed by atoms with van der Waals surface area (Å²) in [7, 11) is 1.46. The fourth-order valence-corrected chi connectivity index (χ4v) is 3.03. The molecule has 1 N–H and O–H groups in total. The largest absolute Gasteiger partial charge is 0.495 e. The molecule has 0 spiro atoms. The van der Waals surface area contributed by atoms with Gasteiger partial charge in [-0.05, 0) is 36.8 Å². The molecular weight excluding hydrogens is 361 g/mol. The SMILES string of the molecule is COc1ccc(C)cc1N[C@H]1CC(=O)N(c2ccccc2C(F)(F)F)C1=O. The molecule has 2 amide bonds. The molecule has 1 saturated heterocycles. The maximum atomic E-state index is 13.3. The number of carbonyl (C=O) groups is 2. The van der Waals surface area contributed by atoms with E-state index in [4.69, 9.17) is 4.74 Å². The molecule has 0 saturated carbocycles. The van der Waals surface area contributed by atoms with Crippen LogP contribution in [-0.2, 0) is 15.8 Å². The van der Waals surface area contributed by atoms with Gasteiger partial charge in [0.2, 0.25) is 5.91 Å². The van der Waals surface area contributed by atoms with Crippen LogP contribution >= 0.6 is 0 Å². The highest BCUT2D eigenvalue weighted by Crippen LogP contribution is 2.38. The Hall–Kier alpha value is -3.03. The Morgan fingerprint density at radius 3 is 2.52 bits per heavy atom. The number of nitrogens with zero attached hydrogens (tertiary/aromatic N) is 1. The minimum Gasteiger partial charge on any atom is -0.495 e. The Bertz CT molecular complexity index is 896. The van der Waals surface area contributed by atoms with Crippen LogP contribution < -0.4 is 15.0 Å². The summed E-state index contributed by atoms with van der Waals surface area (Å²) >= 11 is 0. The van der Waals surface area contributed by atoms with Crippen molar-refractivity contribution in [1.82, 2.24) is 0 Å². The van der Waals surface area contributed by atoms with Gasteiger partial charge in [-0.2, -0.15) is 13.2 Å². The monoisotopic (exact) mass is 378 g/mol. The third-order valence-electron chi connectivity index (χ3n) is 4.28. The van der Waals surface area contributed by atoms with E-state index in [0.717, 1.165) is 17.7 Å². The number of carbonyl (C=O) groups excluding carboxylic acids is 2. The van der Waals surface area contributed by atoms with Crippen molar-refractivity contribution in [3.63, 3.8) is 0 Å². The van der Waals surface area contributed by atoms with Crippen molar-refractivity contribution in [1.29, 1.82) is 0 Å². The summed E-state index contributed by atoms with van der Waals surface area (Å²) in [6, 6.07) is 8.82. The second-order valence-corrected chi connectivity index (χ2v) is 6.19. The smallest absolute Gasteiger partial charge is 0.418 e. The summed E-state index contributed by atoms with van der Waals surface area (Å²) in [6.45, 7) is 1.85. The summed E-state index contributed by atoms with van der Waals surface area (Å²) in [6.07, 6.45) is -4.93. The van der Waals surface area contributed by atoms with Crippen LogP contribution in [0.25, 0.3) is 0 Å². The number of imide groups is 1. The van der Waals surface area contributed by atoms with E-state index >= 15 is 0 Å². The van der Waals surface area contributed by atoms with E-state index < -0.39 is 35.3 Å². The van der Waals surface area contributed by atoms with Gasteiger partial charge in [0.05, 0.1) is 30.5 Å². The van der Waals surface area contributed by atoms with Crippen molar-refractivity contribution < 1.29 is 27.5 Å². The fourth-order valence-electron chi connectivity index (χ4n) is 3.03. The molecule has 8 heteroatoms. The van der Waals surface area contributed by atoms with Gasteiger partial charge < -0.3 is 10.1 Å². The Morgan fingerprint density at radius 2 is 1.85 bits per heavy atom. The molecule has 1 atom stereocenters. The Labute approximate surface area is 153 Å². The van der Waals surface area contributed by atoms with Crippen molar-refractivity contribution in [3.05, 3.63) is 53.6 Å². The van der Waals surface area contributed by atoms with Crippen molar-refractivity contribution >= 4 is 23.2 Å². The summed E-state index contributed by atoms with van der Waals surface area (Å²) in [5.74, 6) is -0.962. The number of benzene rings is 2. The molecule has 0 aromatic heterocycles. The van der Waals surface area contributed by atoms with Gasteiger partial charge in [0, 0.05) is 0 Å². The van der Waals surface area contributed by atoms with Crippen LogP contribution in [0.15, 0.2) is 42.5 Å². The van der Waals surface area contributed by atoms with Crippen LogP contribution in [0.4, 0.5) is 24.5 Å². The Morgan fingerprint density at radius 1 is 1.15 bits per heavy atom. The van der Waals surface area contributed by atoms with Gasteiger partial charge in [0.15, 0.2) is 0 Å². The highest BCUT2D eigenvalue weighted by molar-refractivity contribution is 6.23. The molecule has 0 unspecified atom stereocenters. The van der Waals surface area contributed by atoms with Gasteiger partial charge in [-0.15, -0.1) is 0 Å². The highest BCUT2D eigenvalue weighted by Gasteiger charge is 2.44. The predicted octanol–water partition coefficient (Wildman–Crippen LogP) is 3.77. The third-order valence-corrected chi connectivity index (χ3v) is 4.28. The number of hydrogen-bond acceptors (Lipinski definition) is 4. The van der Waals surface area contributed by atoms with Gasteiger partial charge >= 0.3 is 6.18 Å². The van der Waals surface area contributed by atoms with E-state index in [1.807, 2.05) is 13.0 Å². The number of rotatable bonds is 4. The molecule has 1 fully saturated rings. The standard InChI is InChI=1S/C19H17F3N2O3/c1-11-7-8-16(27-2)13(9-11)23-14-10-17(25)24(18(14)26)15-6-4-3-5-12(15)19(20,21)22/h3-9,14,23H,10H2,1-2H3/t14-/m0/s1. The quantitative estimate of drug-likeness (QED) is 0.823.